The molecule has 1 heterocycles. The number of carbonyl (C=O) groups excluding carboxylic acids is 1. The van der Waals surface area contributed by atoms with E-state index in [0.29, 0.717) is 16.1 Å². The number of fused-ring (bicyclic) bond motifs is 3. The van der Waals surface area contributed by atoms with E-state index in [1.165, 1.54) is 22.1 Å². The van der Waals surface area contributed by atoms with Gasteiger partial charge in [-0.25, -0.2) is 0 Å². The molecular formula is C20H16N2O2S. The van der Waals surface area contributed by atoms with Gasteiger partial charge in [0.25, 0.3) is 5.91 Å². The number of hydrogen-bond donors (Lipinski definition) is 0. The molecular weight excluding hydrogens is 332 g/mol. The first-order valence-corrected chi connectivity index (χ1v) is 8.69. The lowest BCUT2D eigenvalue weighted by Gasteiger charge is -2.01. The first-order chi connectivity index (χ1) is 12.2. The number of amides is 1. The highest BCUT2D eigenvalue weighted by Gasteiger charge is 2.10. The molecule has 4 nitrogen and oxygen atoms in total. The molecule has 4 rings (SSSR count). The maximum absolute atomic E-state index is 12.5. The molecule has 0 radical (unpaired) electrons. The van der Waals surface area contributed by atoms with Crippen LogP contribution in [0.5, 0.6) is 5.75 Å². The predicted molar refractivity (Wildman–Crippen MR) is 101 cm³/mol. The van der Waals surface area contributed by atoms with Crippen molar-refractivity contribution < 1.29 is 9.53 Å². The smallest absolute Gasteiger partial charge is 0.279 e. The third-order valence-electron chi connectivity index (χ3n) is 4.21. The maximum atomic E-state index is 12.5. The highest BCUT2D eigenvalue weighted by atomic mass is 32.1. The Hall–Kier alpha value is -2.92. The Morgan fingerprint density at radius 2 is 1.92 bits per heavy atom. The van der Waals surface area contributed by atoms with Crippen LogP contribution in [0.1, 0.15) is 10.4 Å². The Labute approximate surface area is 148 Å². The van der Waals surface area contributed by atoms with Gasteiger partial charge in [0.15, 0.2) is 4.80 Å². The molecule has 25 heavy (non-hydrogen) atoms. The Kier molecular flexibility index (Phi) is 3.86. The molecule has 1 aromatic heterocycles. The molecule has 0 bridgehead atoms. The van der Waals surface area contributed by atoms with E-state index in [1.807, 2.05) is 29.8 Å². The Balaban J connectivity index is 1.88. The van der Waals surface area contributed by atoms with Gasteiger partial charge in [-0.2, -0.15) is 4.99 Å². The lowest BCUT2D eigenvalue weighted by molar-refractivity contribution is 0.0997. The first kappa shape index (κ1) is 15.6. The zero-order valence-electron chi connectivity index (χ0n) is 13.9. The number of benzene rings is 3. The Morgan fingerprint density at radius 3 is 2.76 bits per heavy atom. The number of methoxy groups -OCH3 is 1. The molecule has 5 heteroatoms. The second kappa shape index (κ2) is 6.18. The van der Waals surface area contributed by atoms with Crippen molar-refractivity contribution in [3.05, 3.63) is 71.0 Å². The van der Waals surface area contributed by atoms with Crippen molar-refractivity contribution in [2.45, 2.75) is 0 Å². The van der Waals surface area contributed by atoms with E-state index in [2.05, 4.69) is 29.3 Å². The Bertz CT molecular complexity index is 1170. The summed E-state index contributed by atoms with van der Waals surface area (Å²) in [5.74, 6) is 0.373. The number of rotatable bonds is 2. The van der Waals surface area contributed by atoms with Gasteiger partial charge in [-0.05, 0) is 29.7 Å². The molecule has 0 aliphatic heterocycles. The van der Waals surface area contributed by atoms with Gasteiger partial charge in [-0.3, -0.25) is 4.79 Å². The Morgan fingerprint density at radius 1 is 1.08 bits per heavy atom. The van der Waals surface area contributed by atoms with Crippen molar-refractivity contribution in [2.24, 2.45) is 12.0 Å². The van der Waals surface area contributed by atoms with Gasteiger partial charge in [-0.1, -0.05) is 47.7 Å². The van der Waals surface area contributed by atoms with Crippen LogP contribution >= 0.6 is 11.3 Å². The zero-order valence-corrected chi connectivity index (χ0v) is 14.7. The summed E-state index contributed by atoms with van der Waals surface area (Å²) in [6.45, 7) is 0. The van der Waals surface area contributed by atoms with Crippen molar-refractivity contribution >= 4 is 38.2 Å². The van der Waals surface area contributed by atoms with Crippen LogP contribution in [0.15, 0.2) is 65.7 Å². The second-order valence-corrected chi connectivity index (χ2v) is 6.71. The number of thiazole rings is 1. The van der Waals surface area contributed by atoms with Crippen molar-refractivity contribution in [1.82, 2.24) is 4.57 Å². The number of nitrogens with zero attached hydrogens (tertiary/aromatic N) is 2. The van der Waals surface area contributed by atoms with Gasteiger partial charge in [-0.15, -0.1) is 0 Å². The minimum atomic E-state index is -0.273. The quantitative estimate of drug-likeness (QED) is 0.546. The zero-order chi connectivity index (χ0) is 17.4. The molecule has 0 saturated heterocycles. The van der Waals surface area contributed by atoms with Gasteiger partial charge in [0, 0.05) is 18.0 Å². The molecule has 3 aromatic carbocycles. The van der Waals surface area contributed by atoms with Crippen LogP contribution < -0.4 is 9.54 Å². The van der Waals surface area contributed by atoms with Gasteiger partial charge < -0.3 is 9.30 Å². The van der Waals surface area contributed by atoms with Crippen molar-refractivity contribution in [2.75, 3.05) is 7.11 Å². The normalized spacial score (nSPS) is 12.0. The summed E-state index contributed by atoms with van der Waals surface area (Å²) in [6.07, 6.45) is 0. The summed E-state index contributed by atoms with van der Waals surface area (Å²) in [5.41, 5.74) is 1.59. The third-order valence-corrected chi connectivity index (χ3v) is 5.40. The fraction of sp³-hybridized carbons (Fsp3) is 0.100. The summed E-state index contributed by atoms with van der Waals surface area (Å²) in [7, 11) is 3.52. The molecule has 1 amide bonds. The minimum absolute atomic E-state index is 0.273. The summed E-state index contributed by atoms with van der Waals surface area (Å²) >= 11 is 1.53. The molecule has 0 atom stereocenters. The van der Waals surface area contributed by atoms with E-state index < -0.39 is 0 Å². The fourth-order valence-electron chi connectivity index (χ4n) is 2.87. The number of ether oxygens (including phenoxy) is 1. The summed E-state index contributed by atoms with van der Waals surface area (Å²) in [4.78, 5) is 17.6. The monoisotopic (exact) mass is 348 g/mol. The number of hydrogen-bond acceptors (Lipinski definition) is 3. The standard InChI is InChI=1S/C20H16N2O2S/c1-22-17-11-10-13-6-3-4-9-16(13)18(17)25-20(22)21-19(23)14-7-5-8-15(12-14)24-2/h3-12H,1-2H3. The van der Waals surface area contributed by atoms with E-state index in [0.717, 1.165) is 10.2 Å². The number of aryl methyl sites for hydroxylation is 1. The molecule has 4 aromatic rings. The topological polar surface area (TPSA) is 43.6 Å². The molecule has 0 N–H and O–H groups in total. The predicted octanol–water partition coefficient (Wildman–Crippen LogP) is 4.14. The van der Waals surface area contributed by atoms with Crippen molar-refractivity contribution in [3.63, 3.8) is 0 Å². The van der Waals surface area contributed by atoms with E-state index in [-0.39, 0.29) is 5.91 Å². The second-order valence-electron chi connectivity index (χ2n) is 5.73. The van der Waals surface area contributed by atoms with Crippen LogP contribution in [0.4, 0.5) is 0 Å². The fourth-order valence-corrected chi connectivity index (χ4v) is 4.02. The van der Waals surface area contributed by atoms with Crippen LogP contribution in [-0.4, -0.2) is 17.6 Å². The number of carbonyl (C=O) groups is 1. The molecule has 0 spiro atoms. The molecule has 0 unspecified atom stereocenters. The maximum Gasteiger partial charge on any atom is 0.279 e. The summed E-state index contributed by atoms with van der Waals surface area (Å²) in [5, 5.41) is 2.36. The highest BCUT2D eigenvalue weighted by Crippen LogP contribution is 2.27. The van der Waals surface area contributed by atoms with Crippen molar-refractivity contribution in [3.8, 4) is 5.75 Å². The van der Waals surface area contributed by atoms with Crippen LogP contribution in [-0.2, 0) is 7.05 Å². The molecule has 124 valence electrons. The van der Waals surface area contributed by atoms with Gasteiger partial charge in [0.05, 0.1) is 17.3 Å². The van der Waals surface area contributed by atoms with Crippen LogP contribution in [0.3, 0.4) is 0 Å². The van der Waals surface area contributed by atoms with Crippen LogP contribution in [0, 0.1) is 0 Å². The molecule has 0 saturated carbocycles. The highest BCUT2D eigenvalue weighted by molar-refractivity contribution is 7.17. The average molecular weight is 348 g/mol. The largest absolute Gasteiger partial charge is 0.497 e. The van der Waals surface area contributed by atoms with Gasteiger partial charge in [0.1, 0.15) is 5.75 Å². The van der Waals surface area contributed by atoms with Gasteiger partial charge >= 0.3 is 0 Å². The SMILES string of the molecule is COc1cccc(C(=O)N=c2sc3c4ccccc4ccc3n2C)c1. The van der Waals surface area contributed by atoms with E-state index in [9.17, 15) is 4.79 Å². The summed E-state index contributed by atoms with van der Waals surface area (Å²) in [6, 6.07) is 19.5. The summed E-state index contributed by atoms with van der Waals surface area (Å²) < 4.78 is 8.28. The van der Waals surface area contributed by atoms with Crippen LogP contribution in [0.25, 0.3) is 21.0 Å². The lowest BCUT2D eigenvalue weighted by Crippen LogP contribution is -2.13. The molecule has 0 aliphatic rings. The third kappa shape index (κ3) is 2.72. The molecule has 0 aliphatic carbocycles. The van der Waals surface area contributed by atoms with E-state index >= 15 is 0 Å². The minimum Gasteiger partial charge on any atom is -0.497 e. The number of aromatic nitrogens is 1. The van der Waals surface area contributed by atoms with Crippen molar-refractivity contribution in [1.29, 1.82) is 0 Å². The average Bonchev–Trinajstić information content (AvgIpc) is 2.98. The van der Waals surface area contributed by atoms with E-state index in [1.54, 1.807) is 25.3 Å². The molecule has 0 fully saturated rings. The lowest BCUT2D eigenvalue weighted by atomic mass is 10.1. The van der Waals surface area contributed by atoms with Crippen LogP contribution in [0.2, 0.25) is 0 Å². The van der Waals surface area contributed by atoms with Gasteiger partial charge in [0.2, 0.25) is 0 Å². The van der Waals surface area contributed by atoms with E-state index in [4.69, 9.17) is 4.74 Å². The first-order valence-electron chi connectivity index (χ1n) is 7.88.